The number of hydrogen-bond acceptors (Lipinski definition) is 3. The third-order valence-electron chi connectivity index (χ3n) is 2.44. The topological polar surface area (TPSA) is 55.1 Å². The summed E-state index contributed by atoms with van der Waals surface area (Å²) >= 11 is 4.95. The molecular weight excluding hydrogens is 312 g/mol. The highest BCUT2D eigenvalue weighted by Crippen LogP contribution is 2.28. The van der Waals surface area contributed by atoms with Gasteiger partial charge in [0.2, 0.25) is 5.91 Å². The van der Waals surface area contributed by atoms with Crippen LogP contribution in [0.15, 0.2) is 27.6 Å². The second kappa shape index (κ2) is 7.69. The number of carbonyl (C=O) groups is 1. The van der Waals surface area contributed by atoms with Crippen molar-refractivity contribution in [2.75, 3.05) is 11.5 Å². The fourth-order valence-electron chi connectivity index (χ4n) is 1.60. The van der Waals surface area contributed by atoms with Gasteiger partial charge in [-0.2, -0.15) is 0 Å². The number of nitrogen functional groups attached to an aromatic ring is 1. The first-order valence-corrected chi connectivity index (χ1v) is 7.78. The number of benzene rings is 1. The number of nitrogens with two attached hydrogens (primary N) is 1. The number of nitrogens with one attached hydrogen (secondary N) is 1. The highest BCUT2D eigenvalue weighted by Gasteiger charge is 2.08. The molecule has 3 nitrogen and oxygen atoms in total. The minimum atomic E-state index is 0.0738. The number of halogens is 1. The Kier molecular flexibility index (Phi) is 6.57. The van der Waals surface area contributed by atoms with Crippen LogP contribution in [0.3, 0.4) is 0 Å². The maximum Gasteiger partial charge on any atom is 0.230 e. The van der Waals surface area contributed by atoms with E-state index >= 15 is 0 Å². The second-order valence-electron chi connectivity index (χ2n) is 4.24. The van der Waals surface area contributed by atoms with Crippen LogP contribution in [-0.2, 0) is 4.79 Å². The van der Waals surface area contributed by atoms with E-state index in [0.717, 1.165) is 22.2 Å². The molecule has 1 aromatic carbocycles. The average molecular weight is 331 g/mol. The van der Waals surface area contributed by atoms with Gasteiger partial charge in [-0.3, -0.25) is 4.79 Å². The Hall–Kier alpha value is -0.680. The van der Waals surface area contributed by atoms with Gasteiger partial charge in [-0.15, -0.1) is 11.8 Å². The summed E-state index contributed by atoms with van der Waals surface area (Å²) in [4.78, 5) is 12.7. The molecule has 100 valence electrons. The van der Waals surface area contributed by atoms with Gasteiger partial charge in [0.05, 0.1) is 5.75 Å². The van der Waals surface area contributed by atoms with Crippen LogP contribution < -0.4 is 11.1 Å². The average Bonchev–Trinajstić information content (AvgIpc) is 2.28. The van der Waals surface area contributed by atoms with Crippen LogP contribution in [0.5, 0.6) is 0 Å². The van der Waals surface area contributed by atoms with E-state index in [4.69, 9.17) is 5.73 Å². The molecule has 0 aliphatic rings. The zero-order valence-corrected chi connectivity index (χ0v) is 13.1. The lowest BCUT2D eigenvalue weighted by Gasteiger charge is -2.12. The Balaban J connectivity index is 2.42. The molecule has 1 atom stereocenters. The molecule has 0 spiro atoms. The van der Waals surface area contributed by atoms with E-state index in [1.54, 1.807) is 0 Å². The summed E-state index contributed by atoms with van der Waals surface area (Å²) in [5.74, 6) is 0.501. The highest BCUT2D eigenvalue weighted by molar-refractivity contribution is 9.10. The Morgan fingerprint density at radius 1 is 1.56 bits per heavy atom. The molecule has 0 bridgehead atoms. The SMILES string of the molecule is CCCC(C)NC(=O)CSc1ccc(N)cc1Br. The third kappa shape index (κ3) is 5.31. The molecule has 1 amide bonds. The summed E-state index contributed by atoms with van der Waals surface area (Å²) in [6, 6.07) is 5.86. The number of anilines is 1. The van der Waals surface area contributed by atoms with E-state index in [1.807, 2.05) is 25.1 Å². The molecule has 5 heteroatoms. The second-order valence-corrected chi connectivity index (χ2v) is 6.11. The predicted octanol–water partition coefficient (Wildman–Crippen LogP) is 3.43. The van der Waals surface area contributed by atoms with Crippen LogP contribution in [0.2, 0.25) is 0 Å². The predicted molar refractivity (Wildman–Crippen MR) is 81.8 cm³/mol. The smallest absolute Gasteiger partial charge is 0.230 e. The van der Waals surface area contributed by atoms with Gasteiger partial charge in [0, 0.05) is 21.1 Å². The number of carbonyl (C=O) groups excluding carboxylic acids is 1. The van der Waals surface area contributed by atoms with Gasteiger partial charge in [0.25, 0.3) is 0 Å². The first-order chi connectivity index (χ1) is 8.52. The Morgan fingerprint density at radius 3 is 2.89 bits per heavy atom. The summed E-state index contributed by atoms with van der Waals surface area (Å²) in [6.07, 6.45) is 2.10. The minimum Gasteiger partial charge on any atom is -0.399 e. The zero-order chi connectivity index (χ0) is 13.5. The highest BCUT2D eigenvalue weighted by atomic mass is 79.9. The summed E-state index contributed by atoms with van der Waals surface area (Å²) < 4.78 is 0.932. The van der Waals surface area contributed by atoms with Crippen molar-refractivity contribution in [2.24, 2.45) is 0 Å². The third-order valence-corrected chi connectivity index (χ3v) is 4.44. The van der Waals surface area contributed by atoms with Crippen molar-refractivity contribution in [1.82, 2.24) is 5.32 Å². The number of amides is 1. The van der Waals surface area contributed by atoms with Gasteiger partial charge in [-0.25, -0.2) is 0 Å². The summed E-state index contributed by atoms with van der Waals surface area (Å²) in [6.45, 7) is 4.15. The number of rotatable bonds is 6. The summed E-state index contributed by atoms with van der Waals surface area (Å²) in [5, 5.41) is 2.98. The van der Waals surface area contributed by atoms with Crippen LogP contribution >= 0.6 is 27.7 Å². The van der Waals surface area contributed by atoms with Gasteiger partial charge < -0.3 is 11.1 Å². The Morgan fingerprint density at radius 2 is 2.28 bits per heavy atom. The standard InChI is InChI=1S/C13H19BrN2OS/c1-3-4-9(2)16-13(17)8-18-12-6-5-10(15)7-11(12)14/h5-7,9H,3-4,8,15H2,1-2H3,(H,16,17). The molecule has 1 rings (SSSR count). The van der Waals surface area contributed by atoms with Crippen molar-refractivity contribution in [2.45, 2.75) is 37.6 Å². The molecule has 0 saturated carbocycles. The molecule has 0 aliphatic heterocycles. The van der Waals surface area contributed by atoms with Crippen molar-refractivity contribution in [3.05, 3.63) is 22.7 Å². The van der Waals surface area contributed by atoms with Crippen molar-refractivity contribution in [1.29, 1.82) is 0 Å². The summed E-state index contributed by atoms with van der Waals surface area (Å²) in [7, 11) is 0. The lowest BCUT2D eigenvalue weighted by atomic mass is 10.2. The maximum absolute atomic E-state index is 11.7. The molecule has 0 heterocycles. The maximum atomic E-state index is 11.7. The molecule has 3 N–H and O–H groups in total. The number of hydrogen-bond donors (Lipinski definition) is 2. The van der Waals surface area contributed by atoms with Crippen molar-refractivity contribution in [3.8, 4) is 0 Å². The molecule has 0 radical (unpaired) electrons. The van der Waals surface area contributed by atoms with E-state index in [-0.39, 0.29) is 11.9 Å². The lowest BCUT2D eigenvalue weighted by molar-refractivity contribution is -0.119. The van der Waals surface area contributed by atoms with Crippen molar-refractivity contribution >= 4 is 39.3 Å². The molecule has 0 fully saturated rings. The quantitative estimate of drug-likeness (QED) is 0.620. The molecular formula is C13H19BrN2OS. The molecule has 0 saturated heterocycles. The largest absolute Gasteiger partial charge is 0.399 e. The van der Waals surface area contributed by atoms with Gasteiger partial charge in [0.15, 0.2) is 0 Å². The normalized spacial score (nSPS) is 12.2. The van der Waals surface area contributed by atoms with E-state index in [1.165, 1.54) is 11.8 Å². The van der Waals surface area contributed by atoms with Crippen molar-refractivity contribution < 1.29 is 4.79 Å². The van der Waals surface area contributed by atoms with Crippen LogP contribution in [0.4, 0.5) is 5.69 Å². The first-order valence-electron chi connectivity index (χ1n) is 6.00. The van der Waals surface area contributed by atoms with E-state index in [9.17, 15) is 4.79 Å². The number of thioether (sulfide) groups is 1. The van der Waals surface area contributed by atoms with E-state index in [0.29, 0.717) is 11.4 Å². The van der Waals surface area contributed by atoms with Gasteiger partial charge in [-0.1, -0.05) is 13.3 Å². The van der Waals surface area contributed by atoms with Crippen LogP contribution in [0.25, 0.3) is 0 Å². The molecule has 0 aromatic heterocycles. The van der Waals surface area contributed by atoms with Gasteiger partial charge in [0.1, 0.15) is 0 Å². The Bertz CT molecular complexity index is 412. The zero-order valence-electron chi connectivity index (χ0n) is 10.7. The minimum absolute atomic E-state index is 0.0738. The van der Waals surface area contributed by atoms with Crippen LogP contribution in [0, 0.1) is 0 Å². The van der Waals surface area contributed by atoms with E-state index < -0.39 is 0 Å². The Labute approximate surface area is 121 Å². The van der Waals surface area contributed by atoms with Gasteiger partial charge in [-0.05, 0) is 47.5 Å². The molecule has 1 aromatic rings. The van der Waals surface area contributed by atoms with Gasteiger partial charge >= 0.3 is 0 Å². The molecule has 0 aliphatic carbocycles. The fraction of sp³-hybridized carbons (Fsp3) is 0.462. The van der Waals surface area contributed by atoms with Crippen LogP contribution in [0.1, 0.15) is 26.7 Å². The monoisotopic (exact) mass is 330 g/mol. The van der Waals surface area contributed by atoms with Crippen molar-refractivity contribution in [3.63, 3.8) is 0 Å². The van der Waals surface area contributed by atoms with Crippen LogP contribution in [-0.4, -0.2) is 17.7 Å². The molecule has 18 heavy (non-hydrogen) atoms. The molecule has 1 unspecified atom stereocenters. The lowest BCUT2D eigenvalue weighted by Crippen LogP contribution is -2.33. The summed E-state index contributed by atoms with van der Waals surface area (Å²) in [5.41, 5.74) is 6.38. The fourth-order valence-corrected chi connectivity index (χ4v) is 3.07. The van der Waals surface area contributed by atoms with E-state index in [2.05, 4.69) is 28.2 Å². The first kappa shape index (κ1) is 15.4.